The number of imide groups is 1. The third kappa shape index (κ3) is 1.43. The Kier molecular flexibility index (Phi) is 1.90. The number of aliphatic carboxylic acids is 1. The summed E-state index contributed by atoms with van der Waals surface area (Å²) in [7, 11) is 0. The lowest BCUT2D eigenvalue weighted by Crippen LogP contribution is -2.36. The highest BCUT2D eigenvalue weighted by Gasteiger charge is 2.49. The van der Waals surface area contributed by atoms with Crippen LogP contribution in [0.25, 0.3) is 0 Å². The molecule has 14 heavy (non-hydrogen) atoms. The van der Waals surface area contributed by atoms with Gasteiger partial charge in [0.15, 0.2) is 6.10 Å². The van der Waals surface area contributed by atoms with Gasteiger partial charge in [-0.15, -0.1) is 0 Å². The van der Waals surface area contributed by atoms with E-state index in [1.807, 2.05) is 0 Å². The number of carboxylic acid groups (broad SMARTS) is 1. The monoisotopic (exact) mass is 199 g/mol. The summed E-state index contributed by atoms with van der Waals surface area (Å²) in [6.07, 6.45) is 0.158. The zero-order chi connectivity index (χ0) is 10.3. The molecule has 76 valence electrons. The van der Waals surface area contributed by atoms with Crippen molar-refractivity contribution in [3.63, 3.8) is 0 Å². The summed E-state index contributed by atoms with van der Waals surface area (Å²) in [5.41, 5.74) is 0. The summed E-state index contributed by atoms with van der Waals surface area (Å²) in [6, 6.07) is 0. The number of carbonyl (C=O) groups excluding carboxylic acids is 2. The van der Waals surface area contributed by atoms with E-state index in [0.717, 1.165) is 12.8 Å². The van der Waals surface area contributed by atoms with Gasteiger partial charge in [0.1, 0.15) is 6.54 Å². The predicted octanol–water partition coefficient (Wildman–Crippen LogP) is -0.172. The summed E-state index contributed by atoms with van der Waals surface area (Å²) in [5.74, 6) is -1.63. The number of hydrogen-bond acceptors (Lipinski definition) is 4. The molecular weight excluding hydrogens is 190 g/mol. The molecule has 6 heteroatoms. The van der Waals surface area contributed by atoms with Crippen LogP contribution < -0.4 is 0 Å². The molecular formula is C8H9NO5. The molecule has 0 radical (unpaired) electrons. The van der Waals surface area contributed by atoms with Crippen LogP contribution in [-0.4, -0.2) is 40.6 Å². The van der Waals surface area contributed by atoms with E-state index in [9.17, 15) is 14.4 Å². The van der Waals surface area contributed by atoms with Gasteiger partial charge in [-0.2, -0.15) is 0 Å². The summed E-state index contributed by atoms with van der Waals surface area (Å²) >= 11 is 0. The van der Waals surface area contributed by atoms with Gasteiger partial charge in [-0.3, -0.25) is 9.59 Å². The van der Waals surface area contributed by atoms with Crippen LogP contribution in [0.1, 0.15) is 12.8 Å². The van der Waals surface area contributed by atoms with Crippen molar-refractivity contribution >= 4 is 18.0 Å². The van der Waals surface area contributed by atoms with E-state index in [-0.39, 0.29) is 5.92 Å². The zero-order valence-corrected chi connectivity index (χ0v) is 7.30. The number of hydrogen-bond donors (Lipinski definition) is 1. The minimum atomic E-state index is -1.22. The number of carboxylic acids is 1. The average Bonchev–Trinajstić information content (AvgIpc) is 2.88. The lowest BCUT2D eigenvalue weighted by Gasteiger charge is -2.06. The average molecular weight is 199 g/mol. The lowest BCUT2D eigenvalue weighted by molar-refractivity contribution is -0.142. The van der Waals surface area contributed by atoms with E-state index in [4.69, 9.17) is 9.84 Å². The Balaban J connectivity index is 2.07. The van der Waals surface area contributed by atoms with Crippen LogP contribution in [0.4, 0.5) is 4.79 Å². The lowest BCUT2D eigenvalue weighted by atomic mass is 10.2. The first kappa shape index (κ1) is 8.98. The quantitative estimate of drug-likeness (QED) is 0.682. The van der Waals surface area contributed by atoms with E-state index in [0.29, 0.717) is 4.90 Å². The van der Waals surface area contributed by atoms with Gasteiger partial charge in [0, 0.05) is 5.92 Å². The molecule has 2 amide bonds. The number of rotatable bonds is 3. The second-order valence-corrected chi connectivity index (χ2v) is 3.46. The zero-order valence-electron chi connectivity index (χ0n) is 7.30. The Morgan fingerprint density at radius 1 is 1.50 bits per heavy atom. The van der Waals surface area contributed by atoms with Crippen molar-refractivity contribution in [2.75, 3.05) is 6.54 Å². The van der Waals surface area contributed by atoms with Crippen LogP contribution in [0.2, 0.25) is 0 Å². The Hall–Kier alpha value is -1.59. The smallest absolute Gasteiger partial charge is 0.417 e. The van der Waals surface area contributed by atoms with Gasteiger partial charge in [-0.1, -0.05) is 0 Å². The van der Waals surface area contributed by atoms with E-state index < -0.39 is 30.6 Å². The van der Waals surface area contributed by atoms with E-state index in [1.54, 1.807) is 0 Å². The fraction of sp³-hybridized carbons (Fsp3) is 0.625. The minimum absolute atomic E-state index is 0.102. The summed E-state index contributed by atoms with van der Waals surface area (Å²) < 4.78 is 4.79. The maximum absolute atomic E-state index is 11.4. The van der Waals surface area contributed by atoms with Crippen LogP contribution in [0.3, 0.4) is 0 Å². The molecule has 1 heterocycles. The van der Waals surface area contributed by atoms with Gasteiger partial charge in [-0.25, -0.2) is 9.69 Å². The van der Waals surface area contributed by atoms with Crippen molar-refractivity contribution in [1.29, 1.82) is 0 Å². The fourth-order valence-corrected chi connectivity index (χ4v) is 1.44. The predicted molar refractivity (Wildman–Crippen MR) is 42.3 cm³/mol. The minimum Gasteiger partial charge on any atom is -0.480 e. The van der Waals surface area contributed by atoms with Gasteiger partial charge in [0.2, 0.25) is 0 Å². The molecule has 1 atom stereocenters. The molecule has 0 aromatic carbocycles. The third-order valence-electron chi connectivity index (χ3n) is 2.30. The molecule has 1 saturated carbocycles. The van der Waals surface area contributed by atoms with Crippen molar-refractivity contribution in [2.24, 2.45) is 5.92 Å². The second-order valence-electron chi connectivity index (χ2n) is 3.46. The molecule has 2 rings (SSSR count). The summed E-state index contributed by atoms with van der Waals surface area (Å²) in [6.45, 7) is -0.610. The molecule has 1 N–H and O–H groups in total. The number of ether oxygens (including phenoxy) is 1. The van der Waals surface area contributed by atoms with E-state index in [2.05, 4.69) is 0 Å². The molecule has 0 bridgehead atoms. The normalized spacial score (nSPS) is 26.6. The van der Waals surface area contributed by atoms with Gasteiger partial charge in [0.05, 0.1) is 0 Å². The molecule has 0 aromatic heterocycles. The third-order valence-corrected chi connectivity index (χ3v) is 2.30. The standard InChI is InChI=1S/C8H9NO5/c10-5(11)3-9-7(12)6(4-1-2-4)14-8(9)13/h4,6H,1-3H2,(H,10,11)/t6-/m1/s1. The first-order valence-electron chi connectivity index (χ1n) is 4.33. The van der Waals surface area contributed by atoms with Crippen LogP contribution in [0, 0.1) is 5.92 Å². The van der Waals surface area contributed by atoms with Gasteiger partial charge >= 0.3 is 12.1 Å². The Labute approximate surface area is 79.4 Å². The topological polar surface area (TPSA) is 83.9 Å². The molecule has 1 aliphatic carbocycles. The molecule has 2 aliphatic rings. The largest absolute Gasteiger partial charge is 0.480 e. The first-order chi connectivity index (χ1) is 6.59. The summed E-state index contributed by atoms with van der Waals surface area (Å²) in [5, 5.41) is 8.45. The van der Waals surface area contributed by atoms with Crippen LogP contribution in [0.15, 0.2) is 0 Å². The fourth-order valence-electron chi connectivity index (χ4n) is 1.44. The molecule has 1 saturated heterocycles. The van der Waals surface area contributed by atoms with Crippen LogP contribution in [-0.2, 0) is 14.3 Å². The number of carbonyl (C=O) groups is 3. The number of nitrogens with zero attached hydrogens (tertiary/aromatic N) is 1. The molecule has 0 unspecified atom stereocenters. The maximum Gasteiger partial charge on any atom is 0.417 e. The number of amides is 2. The van der Waals surface area contributed by atoms with Crippen LogP contribution in [0.5, 0.6) is 0 Å². The SMILES string of the molecule is O=C(O)CN1C(=O)O[C@H](C2CC2)C1=O. The first-order valence-corrected chi connectivity index (χ1v) is 4.33. The highest BCUT2D eigenvalue weighted by molar-refractivity contribution is 6.02. The highest BCUT2D eigenvalue weighted by atomic mass is 16.6. The van der Waals surface area contributed by atoms with Crippen molar-refractivity contribution in [1.82, 2.24) is 4.90 Å². The molecule has 0 spiro atoms. The number of cyclic esters (lactones) is 1. The molecule has 1 aliphatic heterocycles. The van der Waals surface area contributed by atoms with Crippen molar-refractivity contribution in [3.05, 3.63) is 0 Å². The van der Waals surface area contributed by atoms with Crippen LogP contribution >= 0.6 is 0 Å². The van der Waals surface area contributed by atoms with Gasteiger partial charge < -0.3 is 9.84 Å². The van der Waals surface area contributed by atoms with Gasteiger partial charge in [-0.05, 0) is 12.8 Å². The van der Waals surface area contributed by atoms with Crippen molar-refractivity contribution < 1.29 is 24.2 Å². The van der Waals surface area contributed by atoms with E-state index >= 15 is 0 Å². The van der Waals surface area contributed by atoms with Gasteiger partial charge in [0.25, 0.3) is 5.91 Å². The Bertz CT molecular complexity index is 309. The van der Waals surface area contributed by atoms with Crippen molar-refractivity contribution in [2.45, 2.75) is 18.9 Å². The molecule has 6 nitrogen and oxygen atoms in total. The Morgan fingerprint density at radius 2 is 2.14 bits per heavy atom. The van der Waals surface area contributed by atoms with E-state index in [1.165, 1.54) is 0 Å². The molecule has 2 fully saturated rings. The maximum atomic E-state index is 11.4. The second kappa shape index (κ2) is 2.97. The Morgan fingerprint density at radius 3 is 2.64 bits per heavy atom. The summed E-state index contributed by atoms with van der Waals surface area (Å²) in [4.78, 5) is 33.5. The van der Waals surface area contributed by atoms with Crippen molar-refractivity contribution in [3.8, 4) is 0 Å². The highest BCUT2D eigenvalue weighted by Crippen LogP contribution is 2.37. The molecule has 0 aromatic rings.